The molecule has 0 bridgehead atoms. The fourth-order valence-electron chi connectivity index (χ4n) is 1.58. The van der Waals surface area contributed by atoms with E-state index in [9.17, 15) is 4.79 Å². The van der Waals surface area contributed by atoms with Crippen molar-refractivity contribution in [2.75, 3.05) is 0 Å². The molecule has 2 rings (SSSR count). The smallest absolute Gasteiger partial charge is 0.315 e. The van der Waals surface area contributed by atoms with Crippen LogP contribution in [0.25, 0.3) is 0 Å². The largest absolute Gasteiger partial charge is 0.334 e. The number of nitrogens with zero attached hydrogens (tertiary/aromatic N) is 1. The zero-order chi connectivity index (χ0) is 13.7. The Balaban J connectivity index is 1.81. The number of carbonyl (C=O) groups is 1. The molecule has 1 atom stereocenters. The van der Waals surface area contributed by atoms with Crippen molar-refractivity contribution < 1.29 is 4.79 Å². The summed E-state index contributed by atoms with van der Waals surface area (Å²) in [5.74, 6) is 0. The third-order valence-corrected chi connectivity index (χ3v) is 4.44. The predicted octanol–water partition coefficient (Wildman–Crippen LogP) is 3.33. The van der Waals surface area contributed by atoms with E-state index in [0.29, 0.717) is 6.54 Å². The first-order chi connectivity index (χ1) is 9.19. The van der Waals surface area contributed by atoms with Crippen molar-refractivity contribution in [3.05, 3.63) is 38.5 Å². The quantitative estimate of drug-likeness (QED) is 0.889. The van der Waals surface area contributed by atoms with Gasteiger partial charge in [-0.05, 0) is 35.7 Å². The summed E-state index contributed by atoms with van der Waals surface area (Å²) in [6.45, 7) is 4.58. The first-order valence-corrected chi connectivity index (χ1v) is 8.01. The van der Waals surface area contributed by atoms with Gasteiger partial charge in [0.1, 0.15) is 0 Å². The highest BCUT2D eigenvalue weighted by atomic mass is 32.1. The fraction of sp³-hybridized carbons (Fsp3) is 0.385. The molecule has 0 aliphatic heterocycles. The van der Waals surface area contributed by atoms with Crippen LogP contribution < -0.4 is 10.6 Å². The van der Waals surface area contributed by atoms with Crippen LogP contribution in [0.1, 0.15) is 36.2 Å². The SMILES string of the molecule is CCc1nc(C(C)NC(=O)NCc2ccsc2)cs1. The van der Waals surface area contributed by atoms with E-state index in [1.165, 1.54) is 0 Å². The second kappa shape index (κ2) is 6.68. The van der Waals surface area contributed by atoms with Crippen molar-refractivity contribution in [1.82, 2.24) is 15.6 Å². The van der Waals surface area contributed by atoms with Gasteiger partial charge in [-0.1, -0.05) is 6.92 Å². The van der Waals surface area contributed by atoms with Crippen LogP contribution in [-0.4, -0.2) is 11.0 Å². The zero-order valence-electron chi connectivity index (χ0n) is 11.0. The number of hydrogen-bond donors (Lipinski definition) is 2. The Kier molecular flexibility index (Phi) is 4.93. The molecule has 4 nitrogen and oxygen atoms in total. The van der Waals surface area contributed by atoms with Crippen LogP contribution in [0, 0.1) is 0 Å². The molecule has 0 saturated heterocycles. The zero-order valence-corrected chi connectivity index (χ0v) is 12.6. The van der Waals surface area contributed by atoms with E-state index in [0.717, 1.165) is 22.7 Å². The minimum atomic E-state index is -0.162. The highest BCUT2D eigenvalue weighted by Gasteiger charge is 2.12. The van der Waals surface area contributed by atoms with Gasteiger partial charge in [0, 0.05) is 11.9 Å². The second-order valence-electron chi connectivity index (χ2n) is 4.20. The molecular formula is C13H17N3OS2. The van der Waals surface area contributed by atoms with Gasteiger partial charge < -0.3 is 10.6 Å². The highest BCUT2D eigenvalue weighted by Crippen LogP contribution is 2.16. The molecule has 0 saturated carbocycles. The van der Waals surface area contributed by atoms with E-state index in [-0.39, 0.29) is 12.1 Å². The van der Waals surface area contributed by atoms with E-state index in [4.69, 9.17) is 0 Å². The monoisotopic (exact) mass is 295 g/mol. The van der Waals surface area contributed by atoms with Crippen LogP contribution in [0.4, 0.5) is 4.79 Å². The maximum atomic E-state index is 11.8. The summed E-state index contributed by atoms with van der Waals surface area (Å²) < 4.78 is 0. The van der Waals surface area contributed by atoms with Gasteiger partial charge in [0.25, 0.3) is 0 Å². The van der Waals surface area contributed by atoms with Gasteiger partial charge >= 0.3 is 6.03 Å². The molecule has 2 aromatic heterocycles. The summed E-state index contributed by atoms with van der Waals surface area (Å²) in [6, 6.07) is 1.77. The number of amides is 2. The first kappa shape index (κ1) is 14.0. The van der Waals surface area contributed by atoms with E-state index in [1.54, 1.807) is 22.7 Å². The Morgan fingerprint density at radius 1 is 1.47 bits per heavy atom. The lowest BCUT2D eigenvalue weighted by molar-refractivity contribution is 0.237. The lowest BCUT2D eigenvalue weighted by Gasteiger charge is -2.12. The number of carbonyl (C=O) groups excluding carboxylic acids is 1. The standard InChI is InChI=1S/C13H17N3OS2/c1-3-12-16-11(8-19-12)9(2)15-13(17)14-6-10-4-5-18-7-10/h4-5,7-9H,3,6H2,1-2H3,(H2,14,15,17). The van der Waals surface area contributed by atoms with Crippen LogP contribution in [0.3, 0.4) is 0 Å². The summed E-state index contributed by atoms with van der Waals surface area (Å²) in [5, 5.41) is 12.9. The maximum absolute atomic E-state index is 11.8. The van der Waals surface area contributed by atoms with Crippen LogP contribution >= 0.6 is 22.7 Å². The molecule has 0 aromatic carbocycles. The number of aryl methyl sites for hydroxylation is 1. The highest BCUT2D eigenvalue weighted by molar-refractivity contribution is 7.09. The predicted molar refractivity (Wildman–Crippen MR) is 79.6 cm³/mol. The molecule has 2 amide bonds. The van der Waals surface area contributed by atoms with E-state index in [2.05, 4.69) is 22.5 Å². The van der Waals surface area contributed by atoms with E-state index in [1.807, 2.05) is 29.1 Å². The van der Waals surface area contributed by atoms with E-state index >= 15 is 0 Å². The number of urea groups is 1. The molecule has 2 N–H and O–H groups in total. The molecule has 0 spiro atoms. The summed E-state index contributed by atoms with van der Waals surface area (Å²) in [7, 11) is 0. The van der Waals surface area contributed by atoms with Crippen molar-refractivity contribution >= 4 is 28.7 Å². The Morgan fingerprint density at radius 2 is 2.32 bits per heavy atom. The number of nitrogens with one attached hydrogen (secondary N) is 2. The van der Waals surface area contributed by atoms with Gasteiger partial charge in [0.15, 0.2) is 0 Å². The van der Waals surface area contributed by atoms with Crippen molar-refractivity contribution in [3.63, 3.8) is 0 Å². The minimum absolute atomic E-state index is 0.0703. The fourth-order valence-corrected chi connectivity index (χ4v) is 3.09. The van der Waals surface area contributed by atoms with Crippen LogP contribution in [-0.2, 0) is 13.0 Å². The Morgan fingerprint density at radius 3 is 2.95 bits per heavy atom. The van der Waals surface area contributed by atoms with Gasteiger partial charge in [-0.3, -0.25) is 0 Å². The maximum Gasteiger partial charge on any atom is 0.315 e. The molecule has 0 radical (unpaired) electrons. The molecule has 6 heteroatoms. The number of thiophene rings is 1. The summed E-state index contributed by atoms with van der Waals surface area (Å²) in [5.41, 5.74) is 2.04. The normalized spacial score (nSPS) is 12.1. The summed E-state index contributed by atoms with van der Waals surface area (Å²) >= 11 is 3.26. The van der Waals surface area contributed by atoms with Crippen LogP contribution in [0.5, 0.6) is 0 Å². The second-order valence-corrected chi connectivity index (χ2v) is 5.92. The Hall–Kier alpha value is -1.40. The molecule has 1 unspecified atom stereocenters. The molecule has 102 valence electrons. The molecular weight excluding hydrogens is 278 g/mol. The molecule has 0 aliphatic rings. The third-order valence-electron chi connectivity index (χ3n) is 2.70. The lowest BCUT2D eigenvalue weighted by Crippen LogP contribution is -2.36. The Labute approximate surface area is 120 Å². The van der Waals surface area contributed by atoms with Gasteiger partial charge in [-0.15, -0.1) is 11.3 Å². The van der Waals surface area contributed by atoms with Gasteiger partial charge in [0.2, 0.25) is 0 Å². The number of rotatable bonds is 5. The summed E-state index contributed by atoms with van der Waals surface area (Å²) in [4.78, 5) is 16.2. The third kappa shape index (κ3) is 4.04. The average molecular weight is 295 g/mol. The van der Waals surface area contributed by atoms with Crippen molar-refractivity contribution in [2.45, 2.75) is 32.9 Å². The minimum Gasteiger partial charge on any atom is -0.334 e. The average Bonchev–Trinajstić information content (AvgIpc) is 3.07. The van der Waals surface area contributed by atoms with Crippen LogP contribution in [0.2, 0.25) is 0 Å². The number of hydrogen-bond acceptors (Lipinski definition) is 4. The number of aromatic nitrogens is 1. The van der Waals surface area contributed by atoms with Crippen LogP contribution in [0.15, 0.2) is 22.2 Å². The molecule has 0 fully saturated rings. The number of thiazole rings is 1. The van der Waals surface area contributed by atoms with Gasteiger partial charge in [-0.2, -0.15) is 11.3 Å². The molecule has 2 aromatic rings. The van der Waals surface area contributed by atoms with Crippen molar-refractivity contribution in [3.8, 4) is 0 Å². The topological polar surface area (TPSA) is 54.0 Å². The van der Waals surface area contributed by atoms with Gasteiger partial charge in [0.05, 0.1) is 16.7 Å². The van der Waals surface area contributed by atoms with Crippen molar-refractivity contribution in [1.29, 1.82) is 0 Å². The van der Waals surface area contributed by atoms with Gasteiger partial charge in [-0.25, -0.2) is 9.78 Å². The Bertz CT molecular complexity index is 522. The molecule has 0 aliphatic carbocycles. The molecule has 19 heavy (non-hydrogen) atoms. The van der Waals surface area contributed by atoms with Crippen molar-refractivity contribution in [2.24, 2.45) is 0 Å². The first-order valence-electron chi connectivity index (χ1n) is 6.18. The molecule has 2 heterocycles. The lowest BCUT2D eigenvalue weighted by atomic mass is 10.2. The van der Waals surface area contributed by atoms with E-state index < -0.39 is 0 Å². The summed E-state index contributed by atoms with van der Waals surface area (Å²) in [6.07, 6.45) is 0.932.